The molecule has 0 unspecified atom stereocenters. The van der Waals surface area contributed by atoms with Crippen molar-refractivity contribution in [3.8, 4) is 5.75 Å². The summed E-state index contributed by atoms with van der Waals surface area (Å²) in [5.74, 6) is 1.40. The summed E-state index contributed by atoms with van der Waals surface area (Å²) in [6.07, 6.45) is 3.83. The maximum absolute atomic E-state index is 12.3. The largest absolute Gasteiger partial charge is 0.494 e. The summed E-state index contributed by atoms with van der Waals surface area (Å²) in [6, 6.07) is 10.3. The van der Waals surface area contributed by atoms with Gasteiger partial charge in [0, 0.05) is 6.04 Å². The minimum absolute atomic E-state index is 0.182. The number of benzene rings is 1. The van der Waals surface area contributed by atoms with Gasteiger partial charge in [-0.2, -0.15) is 0 Å². The molecule has 6 nitrogen and oxygen atoms in total. The van der Waals surface area contributed by atoms with Crippen LogP contribution in [0.5, 0.6) is 5.75 Å². The van der Waals surface area contributed by atoms with Crippen molar-refractivity contribution < 1.29 is 13.2 Å². The predicted molar refractivity (Wildman–Crippen MR) is 89.3 cm³/mol. The number of aromatic nitrogens is 1. The zero-order chi connectivity index (χ0) is 16.3. The van der Waals surface area contributed by atoms with Crippen LogP contribution in [-0.4, -0.2) is 26.1 Å². The lowest BCUT2D eigenvalue weighted by Gasteiger charge is -2.10. The standard InChI is InChI=1S/C16H19N3O3S/c1-2-22-14-6-8-15(9-7-14)23(20,21)19-13-5-10-16(17-11-13)18-12-3-4-12/h5-12,19H,2-4H2,1H3,(H,17,18). The molecule has 1 fully saturated rings. The quantitative estimate of drug-likeness (QED) is 0.814. The number of hydrogen-bond donors (Lipinski definition) is 2. The average Bonchev–Trinajstić information content (AvgIpc) is 3.34. The van der Waals surface area contributed by atoms with E-state index in [1.807, 2.05) is 6.92 Å². The first-order valence-corrected chi connectivity index (χ1v) is 9.03. The molecule has 0 amide bonds. The second kappa shape index (κ2) is 6.45. The van der Waals surface area contributed by atoms with Crippen LogP contribution >= 0.6 is 0 Å². The Morgan fingerprint density at radius 2 is 1.91 bits per heavy atom. The topological polar surface area (TPSA) is 80.3 Å². The summed E-state index contributed by atoms with van der Waals surface area (Å²) in [7, 11) is -3.63. The Balaban J connectivity index is 1.69. The van der Waals surface area contributed by atoms with Crippen LogP contribution in [0.2, 0.25) is 0 Å². The van der Waals surface area contributed by atoms with E-state index >= 15 is 0 Å². The number of nitrogens with zero attached hydrogens (tertiary/aromatic N) is 1. The second-order valence-electron chi connectivity index (χ2n) is 5.36. The molecular formula is C16H19N3O3S. The molecule has 23 heavy (non-hydrogen) atoms. The minimum Gasteiger partial charge on any atom is -0.494 e. The van der Waals surface area contributed by atoms with Crippen LogP contribution in [-0.2, 0) is 10.0 Å². The third-order valence-corrected chi connectivity index (χ3v) is 4.79. The molecule has 0 bridgehead atoms. The summed E-state index contributed by atoms with van der Waals surface area (Å²) in [6.45, 7) is 2.41. The first kappa shape index (κ1) is 15.6. The zero-order valence-corrected chi connectivity index (χ0v) is 13.6. The Morgan fingerprint density at radius 3 is 2.48 bits per heavy atom. The van der Waals surface area contributed by atoms with Gasteiger partial charge in [0.15, 0.2) is 0 Å². The summed E-state index contributed by atoms with van der Waals surface area (Å²) in [4.78, 5) is 4.40. The predicted octanol–water partition coefficient (Wildman–Crippen LogP) is 2.86. The third kappa shape index (κ3) is 4.13. The Morgan fingerprint density at radius 1 is 1.17 bits per heavy atom. The van der Waals surface area contributed by atoms with E-state index in [2.05, 4.69) is 15.0 Å². The van der Waals surface area contributed by atoms with Gasteiger partial charge in [-0.15, -0.1) is 0 Å². The number of sulfonamides is 1. The normalized spacial score (nSPS) is 14.3. The van der Waals surface area contributed by atoms with E-state index in [1.54, 1.807) is 24.3 Å². The van der Waals surface area contributed by atoms with Crippen molar-refractivity contribution in [3.05, 3.63) is 42.6 Å². The molecule has 0 radical (unpaired) electrons. The van der Waals surface area contributed by atoms with E-state index in [-0.39, 0.29) is 4.90 Å². The Labute approximate surface area is 136 Å². The number of nitrogens with one attached hydrogen (secondary N) is 2. The van der Waals surface area contributed by atoms with Crippen molar-refractivity contribution in [2.24, 2.45) is 0 Å². The fourth-order valence-corrected chi connectivity index (χ4v) is 3.12. The molecule has 0 saturated heterocycles. The summed E-state index contributed by atoms with van der Waals surface area (Å²) in [5, 5.41) is 3.25. The van der Waals surface area contributed by atoms with Gasteiger partial charge in [0.2, 0.25) is 0 Å². The minimum atomic E-state index is -3.63. The SMILES string of the molecule is CCOc1ccc(S(=O)(=O)Nc2ccc(NC3CC3)nc2)cc1. The number of anilines is 2. The van der Waals surface area contributed by atoms with Crippen LogP contribution in [0.1, 0.15) is 19.8 Å². The highest BCUT2D eigenvalue weighted by molar-refractivity contribution is 7.92. The van der Waals surface area contributed by atoms with Gasteiger partial charge in [-0.25, -0.2) is 13.4 Å². The van der Waals surface area contributed by atoms with Crippen LogP contribution in [0, 0.1) is 0 Å². The van der Waals surface area contributed by atoms with Crippen molar-refractivity contribution in [2.75, 3.05) is 16.6 Å². The summed E-state index contributed by atoms with van der Waals surface area (Å²) >= 11 is 0. The van der Waals surface area contributed by atoms with Crippen molar-refractivity contribution in [1.29, 1.82) is 0 Å². The van der Waals surface area contributed by atoms with E-state index in [9.17, 15) is 8.42 Å². The lowest BCUT2D eigenvalue weighted by molar-refractivity contribution is 0.340. The molecule has 0 spiro atoms. The maximum Gasteiger partial charge on any atom is 0.261 e. The Hall–Kier alpha value is -2.28. The molecule has 2 N–H and O–H groups in total. The number of pyridine rings is 1. The first-order valence-electron chi connectivity index (χ1n) is 7.55. The summed E-state index contributed by atoms with van der Waals surface area (Å²) in [5.41, 5.74) is 0.431. The molecule has 0 aliphatic heterocycles. The van der Waals surface area contributed by atoms with Gasteiger partial charge in [0.1, 0.15) is 11.6 Å². The Bertz CT molecular complexity index is 754. The van der Waals surface area contributed by atoms with Gasteiger partial charge in [0.05, 0.1) is 23.4 Å². The van der Waals surface area contributed by atoms with Crippen molar-refractivity contribution in [2.45, 2.75) is 30.7 Å². The van der Waals surface area contributed by atoms with Gasteiger partial charge in [-0.3, -0.25) is 4.72 Å². The van der Waals surface area contributed by atoms with Gasteiger partial charge < -0.3 is 10.1 Å². The van der Waals surface area contributed by atoms with E-state index in [0.717, 1.165) is 18.7 Å². The fraction of sp³-hybridized carbons (Fsp3) is 0.312. The number of ether oxygens (including phenoxy) is 1. The third-order valence-electron chi connectivity index (χ3n) is 3.39. The molecule has 1 saturated carbocycles. The number of hydrogen-bond acceptors (Lipinski definition) is 5. The molecule has 122 valence electrons. The lowest BCUT2D eigenvalue weighted by Crippen LogP contribution is -2.13. The second-order valence-corrected chi connectivity index (χ2v) is 7.04. The molecule has 0 atom stereocenters. The van der Waals surface area contributed by atoms with Gasteiger partial charge in [0.25, 0.3) is 10.0 Å². The number of rotatable bonds is 7. The molecule has 1 aromatic carbocycles. The highest BCUT2D eigenvalue weighted by atomic mass is 32.2. The van der Waals surface area contributed by atoms with E-state index in [0.29, 0.717) is 24.1 Å². The first-order chi connectivity index (χ1) is 11.1. The van der Waals surface area contributed by atoms with E-state index in [1.165, 1.54) is 18.3 Å². The highest BCUT2D eigenvalue weighted by Crippen LogP contribution is 2.24. The van der Waals surface area contributed by atoms with Crippen LogP contribution in [0.25, 0.3) is 0 Å². The average molecular weight is 333 g/mol. The monoisotopic (exact) mass is 333 g/mol. The van der Waals surface area contributed by atoms with Crippen molar-refractivity contribution in [1.82, 2.24) is 4.98 Å². The van der Waals surface area contributed by atoms with Crippen LogP contribution < -0.4 is 14.8 Å². The van der Waals surface area contributed by atoms with Crippen molar-refractivity contribution in [3.63, 3.8) is 0 Å². The summed E-state index contributed by atoms with van der Waals surface area (Å²) < 4.78 is 32.5. The lowest BCUT2D eigenvalue weighted by atomic mass is 10.3. The van der Waals surface area contributed by atoms with Crippen LogP contribution in [0.15, 0.2) is 47.5 Å². The zero-order valence-electron chi connectivity index (χ0n) is 12.8. The van der Waals surface area contributed by atoms with E-state index in [4.69, 9.17) is 4.74 Å². The van der Waals surface area contributed by atoms with Gasteiger partial charge in [-0.1, -0.05) is 0 Å². The molecule has 1 aliphatic rings. The van der Waals surface area contributed by atoms with E-state index < -0.39 is 10.0 Å². The smallest absolute Gasteiger partial charge is 0.261 e. The molecule has 3 rings (SSSR count). The highest BCUT2D eigenvalue weighted by Gasteiger charge is 2.21. The van der Waals surface area contributed by atoms with Gasteiger partial charge >= 0.3 is 0 Å². The molecular weight excluding hydrogens is 314 g/mol. The Kier molecular flexibility index (Phi) is 4.38. The molecule has 1 aromatic heterocycles. The van der Waals surface area contributed by atoms with Crippen LogP contribution in [0.3, 0.4) is 0 Å². The maximum atomic E-state index is 12.3. The molecule has 2 aromatic rings. The molecule has 1 heterocycles. The molecule has 7 heteroatoms. The van der Waals surface area contributed by atoms with Crippen molar-refractivity contribution >= 4 is 21.5 Å². The van der Waals surface area contributed by atoms with Crippen LogP contribution in [0.4, 0.5) is 11.5 Å². The molecule has 1 aliphatic carbocycles. The van der Waals surface area contributed by atoms with Gasteiger partial charge in [-0.05, 0) is 56.2 Å². The fourth-order valence-electron chi connectivity index (χ4n) is 2.07.